The average Bonchev–Trinajstić information content (AvgIpc) is 3.33. The number of halogens is 6. The Morgan fingerprint density at radius 2 is 1.80 bits per heavy atom. The first kappa shape index (κ1) is 31.3. The lowest BCUT2D eigenvalue weighted by Gasteiger charge is -2.38. The van der Waals surface area contributed by atoms with Crippen LogP contribution in [0.5, 0.6) is 11.6 Å². The smallest absolute Gasteiger partial charge is 0.258 e. The summed E-state index contributed by atoms with van der Waals surface area (Å²) in [7, 11) is 1.20. The van der Waals surface area contributed by atoms with E-state index in [2.05, 4.69) is 22.1 Å². The van der Waals surface area contributed by atoms with Gasteiger partial charge in [0.15, 0.2) is 0 Å². The number of piperidine rings is 1. The van der Waals surface area contributed by atoms with Crippen molar-refractivity contribution in [2.45, 2.75) is 25.8 Å². The van der Waals surface area contributed by atoms with Crippen molar-refractivity contribution in [1.82, 2.24) is 4.98 Å². The van der Waals surface area contributed by atoms with Gasteiger partial charge in [-0.05, 0) is 24.5 Å². The van der Waals surface area contributed by atoms with Gasteiger partial charge < -0.3 is 25.4 Å². The van der Waals surface area contributed by atoms with Gasteiger partial charge in [0.2, 0.25) is 5.88 Å². The van der Waals surface area contributed by atoms with E-state index in [1.54, 1.807) is 0 Å². The number of hydrogen-bond acceptors (Lipinski definition) is 6. The second-order valence-corrected chi connectivity index (χ2v) is 9.61. The predicted octanol–water partition coefficient (Wildman–Crippen LogP) is 5.52. The molecule has 0 unspecified atom stereocenters. The minimum Gasteiger partial charge on any atom is -0.497 e. The quantitative estimate of drug-likeness (QED) is 0.374. The number of amides is 1. The van der Waals surface area contributed by atoms with Crippen LogP contribution in [0, 0.1) is 29.2 Å². The van der Waals surface area contributed by atoms with Crippen molar-refractivity contribution in [2.75, 3.05) is 37.0 Å². The second-order valence-electron chi connectivity index (χ2n) is 9.61. The number of nitrogens with two attached hydrogens (primary N) is 1. The van der Waals surface area contributed by atoms with Gasteiger partial charge in [0.05, 0.1) is 48.0 Å². The normalized spacial score (nSPS) is 17.7. The van der Waals surface area contributed by atoms with E-state index in [0.717, 1.165) is 36.2 Å². The third kappa shape index (κ3) is 5.77. The molecule has 40 heavy (non-hydrogen) atoms. The molecule has 1 fully saturated rings. The van der Waals surface area contributed by atoms with Gasteiger partial charge in [0.25, 0.3) is 5.91 Å². The van der Waals surface area contributed by atoms with Gasteiger partial charge in [0, 0.05) is 43.2 Å². The van der Waals surface area contributed by atoms with Crippen molar-refractivity contribution in [2.24, 2.45) is 11.7 Å². The highest BCUT2D eigenvalue weighted by atomic mass is 35.5. The summed E-state index contributed by atoms with van der Waals surface area (Å²) in [6.45, 7) is 3.72. The first-order valence-electron chi connectivity index (χ1n) is 12.2. The van der Waals surface area contributed by atoms with E-state index < -0.39 is 45.9 Å². The highest BCUT2D eigenvalue weighted by molar-refractivity contribution is 6.07. The molecule has 216 valence electrons. The molecule has 2 atom stereocenters. The van der Waals surface area contributed by atoms with Crippen molar-refractivity contribution in [3.63, 3.8) is 0 Å². The van der Waals surface area contributed by atoms with Gasteiger partial charge >= 0.3 is 0 Å². The minimum atomic E-state index is -1.40. The van der Waals surface area contributed by atoms with Crippen LogP contribution >= 0.6 is 24.8 Å². The Morgan fingerprint density at radius 3 is 2.45 bits per heavy atom. The maximum Gasteiger partial charge on any atom is 0.258 e. The molecule has 7 nitrogen and oxygen atoms in total. The molecule has 1 aromatic heterocycles. The number of carbonyl (C=O) groups excluding carboxylic acids is 1. The summed E-state index contributed by atoms with van der Waals surface area (Å²) in [6.07, 6.45) is 2.82. The average molecular weight is 603 g/mol. The number of nitrogens with zero attached hydrogens (tertiary/aromatic N) is 2. The standard InChI is InChI=1S/C27H26F4N4O3.2ClH/c1-13-7-14(32)12-35(11-13)25-17-5-6-38-27(17)33-10-21(25)34-26(36)16-3-4-18(28)23(24(16)31)22-19(29)8-15(37-2)9-20(22)30;;/h3-4,8-10,13-14H,5-7,11-12,32H2,1-2H3,(H,34,36);2*1H/t13-,14+;;/m1../s1. The van der Waals surface area contributed by atoms with Crippen molar-refractivity contribution in [3.05, 3.63) is 64.9 Å². The maximum absolute atomic E-state index is 15.6. The van der Waals surface area contributed by atoms with Crippen molar-refractivity contribution < 1.29 is 31.8 Å². The minimum absolute atomic E-state index is 0. The summed E-state index contributed by atoms with van der Waals surface area (Å²) >= 11 is 0. The van der Waals surface area contributed by atoms with E-state index in [-0.39, 0.29) is 36.6 Å². The molecule has 0 radical (unpaired) electrons. The first-order valence-corrected chi connectivity index (χ1v) is 12.2. The zero-order chi connectivity index (χ0) is 27.1. The third-order valence-corrected chi connectivity index (χ3v) is 6.79. The Kier molecular flexibility index (Phi) is 9.76. The fourth-order valence-corrected chi connectivity index (χ4v) is 5.21. The van der Waals surface area contributed by atoms with Crippen LogP contribution in [0.3, 0.4) is 0 Å². The topological polar surface area (TPSA) is 89.7 Å². The number of rotatable bonds is 5. The molecule has 0 saturated carbocycles. The Bertz CT molecular complexity index is 1400. The van der Waals surface area contributed by atoms with Crippen LogP contribution in [0.2, 0.25) is 0 Å². The van der Waals surface area contributed by atoms with E-state index >= 15 is 4.39 Å². The summed E-state index contributed by atoms with van der Waals surface area (Å²) in [5.74, 6) is -5.46. The summed E-state index contributed by atoms with van der Waals surface area (Å²) < 4.78 is 70.0. The lowest BCUT2D eigenvalue weighted by molar-refractivity contribution is 0.102. The fourth-order valence-electron chi connectivity index (χ4n) is 5.21. The number of fused-ring (bicyclic) bond motifs is 1. The molecule has 3 heterocycles. The number of pyridine rings is 1. The Morgan fingerprint density at radius 1 is 1.10 bits per heavy atom. The van der Waals surface area contributed by atoms with E-state index in [1.807, 2.05) is 0 Å². The number of aromatic nitrogens is 1. The largest absolute Gasteiger partial charge is 0.497 e. The molecular formula is C27H28Cl2F4N4O3. The molecule has 5 rings (SSSR count). The number of hydrogen-bond donors (Lipinski definition) is 2. The Hall–Kier alpha value is -3.28. The Balaban J connectivity index is 0.00000220. The first-order chi connectivity index (χ1) is 18.2. The lowest BCUT2D eigenvalue weighted by Crippen LogP contribution is -2.47. The molecule has 0 bridgehead atoms. The van der Waals surface area contributed by atoms with E-state index in [0.29, 0.717) is 49.3 Å². The zero-order valence-electron chi connectivity index (χ0n) is 21.6. The van der Waals surface area contributed by atoms with Crippen molar-refractivity contribution in [1.29, 1.82) is 0 Å². The van der Waals surface area contributed by atoms with Crippen LogP contribution in [0.1, 0.15) is 29.3 Å². The third-order valence-electron chi connectivity index (χ3n) is 6.79. The number of nitrogens with one attached hydrogen (secondary N) is 1. The van der Waals surface area contributed by atoms with Gasteiger partial charge in [-0.3, -0.25) is 4.79 Å². The SMILES string of the molecule is COc1cc(F)c(-c2c(F)ccc(C(=O)Nc3cnc4c(c3N3C[C@H](C)C[C@H](N)C3)CCO4)c2F)c(F)c1.Cl.Cl. The van der Waals surface area contributed by atoms with Crippen LogP contribution in [0.25, 0.3) is 11.1 Å². The molecule has 3 N–H and O–H groups in total. The number of ether oxygens (including phenoxy) is 2. The van der Waals surface area contributed by atoms with Gasteiger partial charge in [0.1, 0.15) is 29.0 Å². The molecule has 1 saturated heterocycles. The molecular weight excluding hydrogens is 575 g/mol. The van der Waals surface area contributed by atoms with Crippen molar-refractivity contribution in [3.8, 4) is 22.8 Å². The van der Waals surface area contributed by atoms with Gasteiger partial charge in [-0.15, -0.1) is 24.8 Å². The molecule has 2 aliphatic heterocycles. The number of benzene rings is 2. The number of carbonyl (C=O) groups is 1. The van der Waals surface area contributed by atoms with E-state index in [4.69, 9.17) is 15.2 Å². The fraction of sp³-hybridized carbons (Fsp3) is 0.333. The van der Waals surface area contributed by atoms with Crippen LogP contribution < -0.4 is 25.4 Å². The monoisotopic (exact) mass is 602 g/mol. The maximum atomic E-state index is 15.6. The van der Waals surface area contributed by atoms with Gasteiger partial charge in [-0.25, -0.2) is 22.5 Å². The van der Waals surface area contributed by atoms with Crippen LogP contribution in [0.4, 0.5) is 28.9 Å². The molecule has 13 heteroatoms. The molecule has 0 aliphatic carbocycles. The molecule has 2 aromatic carbocycles. The summed E-state index contributed by atoms with van der Waals surface area (Å²) in [6, 6.07) is 3.24. The number of anilines is 2. The van der Waals surface area contributed by atoms with Crippen LogP contribution in [0.15, 0.2) is 30.5 Å². The van der Waals surface area contributed by atoms with Gasteiger partial charge in [-0.2, -0.15) is 0 Å². The summed E-state index contributed by atoms with van der Waals surface area (Å²) in [4.78, 5) is 19.6. The summed E-state index contributed by atoms with van der Waals surface area (Å²) in [5.41, 5.74) is 5.50. The second kappa shape index (κ2) is 12.5. The molecule has 1 amide bonds. The van der Waals surface area contributed by atoms with Crippen LogP contribution in [-0.2, 0) is 6.42 Å². The zero-order valence-corrected chi connectivity index (χ0v) is 23.2. The lowest BCUT2D eigenvalue weighted by atomic mass is 9.95. The van der Waals surface area contributed by atoms with E-state index in [9.17, 15) is 18.0 Å². The molecule has 0 spiro atoms. The highest BCUT2D eigenvalue weighted by Gasteiger charge is 2.31. The van der Waals surface area contributed by atoms with Gasteiger partial charge in [-0.1, -0.05) is 6.92 Å². The van der Waals surface area contributed by atoms with Crippen LogP contribution in [-0.4, -0.2) is 43.7 Å². The Labute approximate surface area is 240 Å². The molecule has 3 aromatic rings. The summed E-state index contributed by atoms with van der Waals surface area (Å²) in [5, 5.41) is 2.66. The molecule has 2 aliphatic rings. The number of methoxy groups -OCH3 is 1. The predicted molar refractivity (Wildman–Crippen MR) is 148 cm³/mol. The van der Waals surface area contributed by atoms with Crippen molar-refractivity contribution >= 4 is 42.1 Å². The highest BCUT2D eigenvalue weighted by Crippen LogP contribution is 2.40. The van der Waals surface area contributed by atoms with E-state index in [1.165, 1.54) is 13.3 Å².